The molecule has 0 amide bonds. The highest BCUT2D eigenvalue weighted by molar-refractivity contribution is 7.80. The van der Waals surface area contributed by atoms with E-state index < -0.39 is 0 Å². The molecule has 106 valence electrons. The summed E-state index contributed by atoms with van der Waals surface area (Å²) in [5.74, 6) is 0. The molecule has 3 rings (SSSR count). The van der Waals surface area contributed by atoms with Crippen molar-refractivity contribution in [3.8, 4) is 0 Å². The first kappa shape index (κ1) is 13.6. The first-order valence-corrected chi connectivity index (χ1v) is 7.10. The van der Waals surface area contributed by atoms with Crippen molar-refractivity contribution in [2.24, 2.45) is 5.73 Å². The Balaban J connectivity index is 1.90. The molecular formula is C16H15N3OS. The summed E-state index contributed by atoms with van der Waals surface area (Å²) >= 11 is 5.02. The van der Waals surface area contributed by atoms with E-state index in [9.17, 15) is 4.79 Å². The van der Waals surface area contributed by atoms with E-state index in [1.54, 1.807) is 22.9 Å². The fourth-order valence-electron chi connectivity index (χ4n) is 2.39. The second-order valence-electron chi connectivity index (χ2n) is 4.88. The summed E-state index contributed by atoms with van der Waals surface area (Å²) in [4.78, 5) is 12.1. The summed E-state index contributed by atoms with van der Waals surface area (Å²) in [5.41, 5.74) is 7.63. The van der Waals surface area contributed by atoms with Crippen molar-refractivity contribution in [1.82, 2.24) is 9.13 Å². The third kappa shape index (κ3) is 2.73. The quantitative estimate of drug-likeness (QED) is 0.751. The van der Waals surface area contributed by atoms with Crippen LogP contribution in [0.15, 0.2) is 59.7 Å². The van der Waals surface area contributed by atoms with E-state index in [0.29, 0.717) is 18.1 Å². The molecule has 0 saturated heterocycles. The van der Waals surface area contributed by atoms with Crippen LogP contribution in [0.5, 0.6) is 0 Å². The van der Waals surface area contributed by atoms with Gasteiger partial charge in [0.25, 0.3) is 5.56 Å². The SMILES string of the molecule is NC(=S)c1ccc2ccn(CCn3ccccc3=O)c2c1. The normalized spacial score (nSPS) is 10.9. The van der Waals surface area contributed by atoms with Crippen molar-refractivity contribution < 1.29 is 0 Å². The summed E-state index contributed by atoms with van der Waals surface area (Å²) in [6, 6.07) is 13.2. The van der Waals surface area contributed by atoms with Crippen LogP contribution in [-0.4, -0.2) is 14.1 Å². The molecule has 2 heterocycles. The molecule has 0 aliphatic heterocycles. The van der Waals surface area contributed by atoms with Gasteiger partial charge in [-0.3, -0.25) is 4.79 Å². The van der Waals surface area contributed by atoms with Gasteiger partial charge in [-0.2, -0.15) is 0 Å². The van der Waals surface area contributed by atoms with E-state index in [0.717, 1.165) is 16.5 Å². The molecule has 0 spiro atoms. The number of benzene rings is 1. The average molecular weight is 297 g/mol. The summed E-state index contributed by atoms with van der Waals surface area (Å²) in [7, 11) is 0. The van der Waals surface area contributed by atoms with Crippen molar-refractivity contribution in [2.75, 3.05) is 0 Å². The molecule has 0 bridgehead atoms. The maximum Gasteiger partial charge on any atom is 0.250 e. The van der Waals surface area contributed by atoms with Gasteiger partial charge >= 0.3 is 0 Å². The van der Waals surface area contributed by atoms with Crippen LogP contribution in [0, 0.1) is 0 Å². The zero-order valence-corrected chi connectivity index (χ0v) is 12.2. The van der Waals surface area contributed by atoms with Crippen LogP contribution in [0.4, 0.5) is 0 Å². The van der Waals surface area contributed by atoms with E-state index in [-0.39, 0.29) is 5.56 Å². The van der Waals surface area contributed by atoms with Crippen molar-refractivity contribution in [3.05, 3.63) is 70.8 Å². The average Bonchev–Trinajstić information content (AvgIpc) is 2.88. The molecule has 0 radical (unpaired) electrons. The van der Waals surface area contributed by atoms with E-state index in [1.807, 2.05) is 36.5 Å². The fourth-order valence-corrected chi connectivity index (χ4v) is 2.52. The second-order valence-corrected chi connectivity index (χ2v) is 5.32. The first-order valence-electron chi connectivity index (χ1n) is 6.69. The first-order chi connectivity index (χ1) is 10.1. The Morgan fingerprint density at radius 1 is 1.05 bits per heavy atom. The summed E-state index contributed by atoms with van der Waals surface area (Å²) in [5, 5.41) is 1.13. The largest absolute Gasteiger partial charge is 0.389 e. The molecule has 4 nitrogen and oxygen atoms in total. The number of hydrogen-bond acceptors (Lipinski definition) is 2. The van der Waals surface area contributed by atoms with Crippen LogP contribution < -0.4 is 11.3 Å². The minimum absolute atomic E-state index is 0.0118. The van der Waals surface area contributed by atoms with Gasteiger partial charge in [0.2, 0.25) is 0 Å². The molecular weight excluding hydrogens is 282 g/mol. The van der Waals surface area contributed by atoms with E-state index in [1.165, 1.54) is 0 Å². The van der Waals surface area contributed by atoms with E-state index >= 15 is 0 Å². The Kier molecular flexibility index (Phi) is 3.58. The minimum atomic E-state index is 0.0118. The maximum absolute atomic E-state index is 11.7. The summed E-state index contributed by atoms with van der Waals surface area (Å²) < 4.78 is 3.81. The number of pyridine rings is 1. The highest BCUT2D eigenvalue weighted by Crippen LogP contribution is 2.18. The van der Waals surface area contributed by atoms with Gasteiger partial charge in [0.05, 0.1) is 0 Å². The Morgan fingerprint density at radius 2 is 1.86 bits per heavy atom. The number of thiocarbonyl (C=S) groups is 1. The number of nitrogens with zero attached hydrogens (tertiary/aromatic N) is 2. The van der Waals surface area contributed by atoms with Crippen molar-refractivity contribution in [3.63, 3.8) is 0 Å². The van der Waals surface area contributed by atoms with Crippen LogP contribution in [-0.2, 0) is 13.1 Å². The number of aromatic nitrogens is 2. The molecule has 0 aliphatic carbocycles. The van der Waals surface area contributed by atoms with Gasteiger partial charge in [-0.25, -0.2) is 0 Å². The molecule has 0 atom stereocenters. The second kappa shape index (κ2) is 5.54. The Morgan fingerprint density at radius 3 is 2.62 bits per heavy atom. The van der Waals surface area contributed by atoms with E-state index in [2.05, 4.69) is 4.57 Å². The molecule has 21 heavy (non-hydrogen) atoms. The van der Waals surface area contributed by atoms with Gasteiger partial charge in [-0.05, 0) is 23.6 Å². The Labute approximate surface area is 127 Å². The van der Waals surface area contributed by atoms with Crippen molar-refractivity contribution in [2.45, 2.75) is 13.1 Å². The number of hydrogen-bond donors (Lipinski definition) is 1. The molecule has 2 N–H and O–H groups in total. The van der Waals surface area contributed by atoms with Gasteiger partial charge in [0, 0.05) is 42.6 Å². The molecule has 3 aromatic rings. The molecule has 0 saturated carbocycles. The van der Waals surface area contributed by atoms with Gasteiger partial charge in [-0.15, -0.1) is 0 Å². The van der Waals surface area contributed by atoms with Crippen LogP contribution in [0.1, 0.15) is 5.56 Å². The van der Waals surface area contributed by atoms with Crippen molar-refractivity contribution >= 4 is 28.1 Å². The molecule has 0 unspecified atom stereocenters. The monoisotopic (exact) mass is 297 g/mol. The smallest absolute Gasteiger partial charge is 0.250 e. The standard InChI is InChI=1S/C16H15N3OS/c17-16(21)13-5-4-12-6-8-18(14(12)11-13)9-10-19-7-2-1-3-15(19)20/h1-8,11H,9-10H2,(H2,17,21). The molecule has 5 heteroatoms. The van der Waals surface area contributed by atoms with Crippen LogP contribution in [0.3, 0.4) is 0 Å². The highest BCUT2D eigenvalue weighted by Gasteiger charge is 2.04. The highest BCUT2D eigenvalue weighted by atomic mass is 32.1. The zero-order valence-electron chi connectivity index (χ0n) is 11.4. The van der Waals surface area contributed by atoms with Gasteiger partial charge in [0.1, 0.15) is 4.99 Å². The van der Waals surface area contributed by atoms with E-state index in [4.69, 9.17) is 18.0 Å². The molecule has 0 aliphatic rings. The third-order valence-corrected chi connectivity index (χ3v) is 3.77. The molecule has 1 aromatic carbocycles. The summed E-state index contributed by atoms with van der Waals surface area (Å²) in [6.07, 6.45) is 3.82. The van der Waals surface area contributed by atoms with Crippen LogP contribution in [0.2, 0.25) is 0 Å². The lowest BCUT2D eigenvalue weighted by Crippen LogP contribution is -2.20. The molecule has 2 aromatic heterocycles. The predicted molar refractivity (Wildman–Crippen MR) is 88.5 cm³/mol. The maximum atomic E-state index is 11.7. The molecule has 0 fully saturated rings. The minimum Gasteiger partial charge on any atom is -0.389 e. The number of fused-ring (bicyclic) bond motifs is 1. The van der Waals surface area contributed by atoms with Crippen LogP contribution in [0.25, 0.3) is 10.9 Å². The Bertz CT molecular complexity index is 863. The number of nitrogens with two attached hydrogens (primary N) is 1. The lowest BCUT2D eigenvalue weighted by atomic mass is 10.1. The predicted octanol–water partition coefficient (Wildman–Crippen LogP) is 2.14. The van der Waals surface area contributed by atoms with Crippen molar-refractivity contribution in [1.29, 1.82) is 0 Å². The topological polar surface area (TPSA) is 52.9 Å². The third-order valence-electron chi connectivity index (χ3n) is 3.54. The zero-order chi connectivity index (χ0) is 14.8. The van der Waals surface area contributed by atoms with Gasteiger partial charge < -0.3 is 14.9 Å². The summed E-state index contributed by atoms with van der Waals surface area (Å²) in [6.45, 7) is 1.34. The number of rotatable bonds is 4. The van der Waals surface area contributed by atoms with Gasteiger partial charge in [-0.1, -0.05) is 30.4 Å². The van der Waals surface area contributed by atoms with Crippen LogP contribution >= 0.6 is 12.2 Å². The lowest BCUT2D eigenvalue weighted by Gasteiger charge is -2.08. The lowest BCUT2D eigenvalue weighted by molar-refractivity contribution is 0.577. The van der Waals surface area contributed by atoms with Gasteiger partial charge in [0.15, 0.2) is 0 Å². The Hall–Kier alpha value is -2.40. The fraction of sp³-hybridized carbons (Fsp3) is 0.125. The number of aryl methyl sites for hydroxylation is 2.